The first-order valence-electron chi connectivity index (χ1n) is 4.34. The van der Waals surface area contributed by atoms with Gasteiger partial charge in [-0.1, -0.05) is 0 Å². The van der Waals surface area contributed by atoms with Crippen molar-refractivity contribution in [3.63, 3.8) is 0 Å². The summed E-state index contributed by atoms with van der Waals surface area (Å²) in [6, 6.07) is 0. The van der Waals surface area contributed by atoms with Gasteiger partial charge in [0.15, 0.2) is 0 Å². The Bertz CT molecular complexity index is 157. The van der Waals surface area contributed by atoms with Crippen LogP contribution in [0.5, 0.6) is 0 Å². The summed E-state index contributed by atoms with van der Waals surface area (Å²) in [5, 5.41) is 3.12. The fourth-order valence-electron chi connectivity index (χ4n) is 0.754. The third-order valence-electron chi connectivity index (χ3n) is 1.84. The van der Waals surface area contributed by atoms with Crippen molar-refractivity contribution in [2.45, 2.75) is 25.9 Å². The van der Waals surface area contributed by atoms with E-state index < -0.39 is 0 Å². The Morgan fingerprint density at radius 3 is 2.46 bits per heavy atom. The molecule has 0 aromatic rings. The molecule has 0 aromatic carbocycles. The Morgan fingerprint density at radius 2 is 2.00 bits per heavy atom. The first-order valence-corrected chi connectivity index (χ1v) is 4.34. The Hall–Kier alpha value is -0.610. The number of methoxy groups -OCH3 is 2. The van der Waals surface area contributed by atoms with Gasteiger partial charge in [0, 0.05) is 20.2 Å². The zero-order valence-electron chi connectivity index (χ0n) is 8.85. The molecule has 0 spiro atoms. The van der Waals surface area contributed by atoms with E-state index in [2.05, 4.69) is 10.1 Å². The molecule has 0 amide bonds. The van der Waals surface area contributed by atoms with Gasteiger partial charge in [-0.25, -0.2) is 0 Å². The van der Waals surface area contributed by atoms with Crippen LogP contribution in [0.15, 0.2) is 0 Å². The van der Waals surface area contributed by atoms with Crippen molar-refractivity contribution in [1.82, 2.24) is 5.32 Å². The van der Waals surface area contributed by atoms with Gasteiger partial charge in [0.2, 0.25) is 0 Å². The SMILES string of the molecule is COC(=O)CCNCC(C)(C)OC. The summed E-state index contributed by atoms with van der Waals surface area (Å²) in [5.41, 5.74) is -0.184. The van der Waals surface area contributed by atoms with Crippen molar-refractivity contribution in [3.05, 3.63) is 0 Å². The standard InChI is InChI=1S/C9H19NO3/c1-9(2,13-4)7-10-6-5-8(11)12-3/h10H,5-7H2,1-4H3. The van der Waals surface area contributed by atoms with Gasteiger partial charge >= 0.3 is 5.97 Å². The fourth-order valence-corrected chi connectivity index (χ4v) is 0.754. The van der Waals surface area contributed by atoms with E-state index in [1.807, 2.05) is 13.8 Å². The number of hydrogen-bond acceptors (Lipinski definition) is 4. The average Bonchev–Trinajstić information content (AvgIpc) is 2.12. The summed E-state index contributed by atoms with van der Waals surface area (Å²) < 4.78 is 9.69. The molecular weight excluding hydrogens is 170 g/mol. The van der Waals surface area contributed by atoms with E-state index in [0.29, 0.717) is 13.0 Å². The van der Waals surface area contributed by atoms with Crippen LogP contribution in [0.4, 0.5) is 0 Å². The van der Waals surface area contributed by atoms with Gasteiger partial charge in [0.1, 0.15) is 0 Å². The van der Waals surface area contributed by atoms with E-state index >= 15 is 0 Å². The molecule has 0 radical (unpaired) electrons. The molecule has 4 heteroatoms. The molecule has 4 nitrogen and oxygen atoms in total. The number of rotatable bonds is 6. The zero-order chi connectivity index (χ0) is 10.3. The minimum Gasteiger partial charge on any atom is -0.469 e. The van der Waals surface area contributed by atoms with Gasteiger partial charge in [-0.15, -0.1) is 0 Å². The smallest absolute Gasteiger partial charge is 0.306 e. The van der Waals surface area contributed by atoms with Crippen molar-refractivity contribution < 1.29 is 14.3 Å². The Morgan fingerprint density at radius 1 is 1.38 bits per heavy atom. The van der Waals surface area contributed by atoms with Crippen molar-refractivity contribution in [1.29, 1.82) is 0 Å². The highest BCUT2D eigenvalue weighted by molar-refractivity contribution is 5.69. The monoisotopic (exact) mass is 189 g/mol. The number of esters is 1. The van der Waals surface area contributed by atoms with E-state index in [1.165, 1.54) is 7.11 Å². The molecular formula is C9H19NO3. The lowest BCUT2D eigenvalue weighted by molar-refractivity contribution is -0.140. The number of carbonyl (C=O) groups is 1. The molecule has 0 unspecified atom stereocenters. The van der Waals surface area contributed by atoms with Gasteiger partial charge in [0.05, 0.1) is 19.1 Å². The van der Waals surface area contributed by atoms with E-state index in [-0.39, 0.29) is 11.6 Å². The van der Waals surface area contributed by atoms with Crippen molar-refractivity contribution in [3.8, 4) is 0 Å². The Kier molecular flexibility index (Phi) is 5.66. The van der Waals surface area contributed by atoms with E-state index in [1.54, 1.807) is 7.11 Å². The highest BCUT2D eigenvalue weighted by atomic mass is 16.5. The van der Waals surface area contributed by atoms with Crippen LogP contribution in [0.3, 0.4) is 0 Å². The van der Waals surface area contributed by atoms with E-state index in [0.717, 1.165) is 6.54 Å². The van der Waals surface area contributed by atoms with Crippen LogP contribution in [0.1, 0.15) is 20.3 Å². The predicted octanol–water partition coefficient (Wildman–Crippen LogP) is 0.564. The van der Waals surface area contributed by atoms with Gasteiger partial charge in [-0.05, 0) is 13.8 Å². The minimum absolute atomic E-state index is 0.184. The lowest BCUT2D eigenvalue weighted by Crippen LogP contribution is -2.37. The molecule has 0 atom stereocenters. The maximum absolute atomic E-state index is 10.7. The number of nitrogens with one attached hydrogen (secondary N) is 1. The maximum Gasteiger partial charge on any atom is 0.306 e. The quantitative estimate of drug-likeness (QED) is 0.490. The lowest BCUT2D eigenvalue weighted by Gasteiger charge is -2.22. The molecule has 0 bridgehead atoms. The summed E-state index contributed by atoms with van der Waals surface area (Å²) in [4.78, 5) is 10.7. The van der Waals surface area contributed by atoms with Crippen LogP contribution in [-0.2, 0) is 14.3 Å². The molecule has 0 aliphatic rings. The van der Waals surface area contributed by atoms with Gasteiger partial charge in [-0.3, -0.25) is 4.79 Å². The molecule has 13 heavy (non-hydrogen) atoms. The molecule has 0 rings (SSSR count). The molecule has 0 saturated heterocycles. The third kappa shape index (κ3) is 6.54. The molecule has 0 fully saturated rings. The summed E-state index contributed by atoms with van der Waals surface area (Å²) in [6.45, 7) is 5.32. The molecule has 0 heterocycles. The van der Waals surface area contributed by atoms with E-state index in [4.69, 9.17) is 4.74 Å². The van der Waals surface area contributed by atoms with Gasteiger partial charge in [0.25, 0.3) is 0 Å². The molecule has 1 N–H and O–H groups in total. The van der Waals surface area contributed by atoms with Crippen molar-refractivity contribution in [2.75, 3.05) is 27.3 Å². The highest BCUT2D eigenvalue weighted by Crippen LogP contribution is 2.04. The predicted molar refractivity (Wildman–Crippen MR) is 50.6 cm³/mol. The molecule has 0 aliphatic heterocycles. The van der Waals surface area contributed by atoms with Crippen LogP contribution >= 0.6 is 0 Å². The van der Waals surface area contributed by atoms with Crippen molar-refractivity contribution >= 4 is 5.97 Å². The summed E-state index contributed by atoms with van der Waals surface area (Å²) in [5.74, 6) is -0.192. The number of carbonyl (C=O) groups excluding carboxylic acids is 1. The van der Waals surface area contributed by atoms with Crippen molar-refractivity contribution in [2.24, 2.45) is 0 Å². The number of hydrogen-bond donors (Lipinski definition) is 1. The maximum atomic E-state index is 10.7. The molecule has 0 aromatic heterocycles. The van der Waals surface area contributed by atoms with Crippen LogP contribution in [-0.4, -0.2) is 38.9 Å². The third-order valence-corrected chi connectivity index (χ3v) is 1.84. The second-order valence-corrected chi connectivity index (χ2v) is 3.47. The summed E-state index contributed by atoms with van der Waals surface area (Å²) >= 11 is 0. The van der Waals surface area contributed by atoms with Crippen LogP contribution in [0.25, 0.3) is 0 Å². The van der Waals surface area contributed by atoms with Crippen LogP contribution in [0, 0.1) is 0 Å². The molecule has 0 saturated carbocycles. The summed E-state index contributed by atoms with van der Waals surface area (Å²) in [7, 11) is 3.06. The fraction of sp³-hybridized carbons (Fsp3) is 0.889. The highest BCUT2D eigenvalue weighted by Gasteiger charge is 2.15. The largest absolute Gasteiger partial charge is 0.469 e. The second-order valence-electron chi connectivity index (χ2n) is 3.47. The average molecular weight is 189 g/mol. The van der Waals surface area contributed by atoms with Gasteiger partial charge in [-0.2, -0.15) is 0 Å². The lowest BCUT2D eigenvalue weighted by atomic mass is 10.1. The normalized spacial score (nSPS) is 11.4. The van der Waals surface area contributed by atoms with E-state index in [9.17, 15) is 4.79 Å². The molecule has 0 aliphatic carbocycles. The number of ether oxygens (including phenoxy) is 2. The minimum atomic E-state index is -0.192. The Labute approximate surface area is 79.6 Å². The first-order chi connectivity index (χ1) is 6.02. The second kappa shape index (κ2) is 5.94. The molecule has 78 valence electrons. The van der Waals surface area contributed by atoms with Crippen LogP contribution in [0.2, 0.25) is 0 Å². The first kappa shape index (κ1) is 12.4. The van der Waals surface area contributed by atoms with Gasteiger partial charge < -0.3 is 14.8 Å². The Balaban J connectivity index is 3.41. The zero-order valence-corrected chi connectivity index (χ0v) is 8.85. The topological polar surface area (TPSA) is 47.6 Å². The summed E-state index contributed by atoms with van der Waals surface area (Å²) in [6.07, 6.45) is 0.399. The van der Waals surface area contributed by atoms with Crippen LogP contribution < -0.4 is 5.32 Å².